The molecule has 0 spiro atoms. The minimum absolute atomic E-state index is 0.329. The minimum atomic E-state index is -1.21. The number of carbonyl (C=O) groups excluding carboxylic acids is 3. The average molecular weight is 442 g/mol. The van der Waals surface area contributed by atoms with Gasteiger partial charge in [-0.3, -0.25) is 14.5 Å². The highest BCUT2D eigenvalue weighted by molar-refractivity contribution is 6.09. The lowest BCUT2D eigenvalue weighted by atomic mass is 9.91. The third-order valence-corrected chi connectivity index (χ3v) is 6.21. The highest BCUT2D eigenvalue weighted by Crippen LogP contribution is 2.31. The van der Waals surface area contributed by atoms with E-state index in [4.69, 9.17) is 0 Å². The van der Waals surface area contributed by atoms with E-state index in [9.17, 15) is 14.4 Å². The van der Waals surface area contributed by atoms with Gasteiger partial charge in [-0.2, -0.15) is 0 Å². The van der Waals surface area contributed by atoms with Crippen LogP contribution in [0, 0.1) is 6.92 Å². The zero-order valence-electron chi connectivity index (χ0n) is 19.0. The number of likely N-dealkylation sites (N-methyl/N-ethyl adjacent to an activating group) is 1. The van der Waals surface area contributed by atoms with Gasteiger partial charge in [0.1, 0.15) is 12.1 Å². The van der Waals surface area contributed by atoms with Crippen LogP contribution in [0.4, 0.5) is 4.79 Å². The Hall–Kier alpha value is -3.93. The molecule has 0 bridgehead atoms. The van der Waals surface area contributed by atoms with Crippen molar-refractivity contribution in [1.29, 1.82) is 0 Å². The number of hydrogen-bond donors (Lipinski definition) is 1. The molecule has 6 nitrogen and oxygen atoms in total. The number of rotatable bonds is 6. The number of benzene rings is 3. The smallest absolute Gasteiger partial charge is 0.325 e. The van der Waals surface area contributed by atoms with E-state index in [1.54, 1.807) is 18.9 Å². The third kappa shape index (κ3) is 4.24. The second kappa shape index (κ2) is 8.90. The van der Waals surface area contributed by atoms with Gasteiger partial charge in [-0.15, -0.1) is 0 Å². The summed E-state index contributed by atoms with van der Waals surface area (Å²) >= 11 is 0. The van der Waals surface area contributed by atoms with Crippen LogP contribution in [0.3, 0.4) is 0 Å². The molecule has 1 unspecified atom stereocenters. The fourth-order valence-electron chi connectivity index (χ4n) is 4.22. The summed E-state index contributed by atoms with van der Waals surface area (Å²) < 4.78 is 0. The molecule has 1 heterocycles. The first kappa shape index (κ1) is 22.3. The Morgan fingerprint density at radius 1 is 0.909 bits per heavy atom. The molecule has 3 aromatic rings. The lowest BCUT2D eigenvalue weighted by molar-refractivity contribution is -0.139. The van der Waals surface area contributed by atoms with Crippen LogP contribution in [-0.4, -0.2) is 41.2 Å². The number of imide groups is 1. The van der Waals surface area contributed by atoms with Crippen LogP contribution >= 0.6 is 0 Å². The summed E-state index contributed by atoms with van der Waals surface area (Å²) in [5.41, 5.74) is 2.42. The Morgan fingerprint density at radius 2 is 1.42 bits per heavy atom. The van der Waals surface area contributed by atoms with Crippen molar-refractivity contribution in [2.45, 2.75) is 25.4 Å². The Bertz CT molecular complexity index is 1120. The summed E-state index contributed by atoms with van der Waals surface area (Å²) in [4.78, 5) is 41.9. The highest BCUT2D eigenvalue weighted by atomic mass is 16.2. The largest absolute Gasteiger partial charge is 0.333 e. The van der Waals surface area contributed by atoms with Gasteiger partial charge >= 0.3 is 6.03 Å². The number of carbonyl (C=O) groups is 3. The Kier molecular flexibility index (Phi) is 6.01. The molecule has 0 aliphatic carbocycles. The second-order valence-electron chi connectivity index (χ2n) is 8.54. The first-order valence-electron chi connectivity index (χ1n) is 10.9. The zero-order chi connectivity index (χ0) is 23.6. The maximum atomic E-state index is 13.3. The summed E-state index contributed by atoms with van der Waals surface area (Å²) in [5, 5.41) is 2.77. The quantitative estimate of drug-likeness (QED) is 0.588. The maximum Gasteiger partial charge on any atom is 0.325 e. The van der Waals surface area contributed by atoms with E-state index in [-0.39, 0.29) is 18.5 Å². The van der Waals surface area contributed by atoms with Crippen LogP contribution in [0.5, 0.6) is 0 Å². The van der Waals surface area contributed by atoms with E-state index in [2.05, 4.69) is 5.32 Å². The minimum Gasteiger partial charge on any atom is -0.333 e. The number of aryl methyl sites for hydroxylation is 1. The molecule has 6 heteroatoms. The molecule has 1 fully saturated rings. The lowest BCUT2D eigenvalue weighted by Crippen LogP contribution is -2.44. The fraction of sp³-hybridized carbons (Fsp3) is 0.222. The Labute approximate surface area is 193 Å². The van der Waals surface area contributed by atoms with Crippen molar-refractivity contribution in [1.82, 2.24) is 15.1 Å². The summed E-state index contributed by atoms with van der Waals surface area (Å²) in [7, 11) is 1.70. The topological polar surface area (TPSA) is 69.7 Å². The van der Waals surface area contributed by atoms with Crippen molar-refractivity contribution >= 4 is 17.8 Å². The van der Waals surface area contributed by atoms with Crippen molar-refractivity contribution in [3.8, 4) is 0 Å². The standard InChI is InChI=1S/C27H27N3O3/c1-19-14-16-22(17-15-19)27(2)25(32)30(26(33)28-27)18-23(31)29(3)24(20-10-6-4-7-11-20)21-12-8-5-9-13-21/h4-17,24H,18H2,1-3H3,(H,28,33). The second-order valence-corrected chi connectivity index (χ2v) is 8.54. The van der Waals surface area contributed by atoms with E-state index in [1.807, 2.05) is 91.9 Å². The van der Waals surface area contributed by atoms with Crippen LogP contribution in [0.15, 0.2) is 84.9 Å². The van der Waals surface area contributed by atoms with Gasteiger partial charge in [-0.05, 0) is 30.5 Å². The summed E-state index contributed by atoms with van der Waals surface area (Å²) in [5.74, 6) is -0.765. The number of amides is 4. The Morgan fingerprint density at radius 3 is 1.94 bits per heavy atom. The maximum absolute atomic E-state index is 13.3. The number of nitrogens with zero attached hydrogens (tertiary/aromatic N) is 2. The van der Waals surface area contributed by atoms with Crippen molar-refractivity contribution in [2.75, 3.05) is 13.6 Å². The van der Waals surface area contributed by atoms with Gasteiger partial charge < -0.3 is 10.2 Å². The van der Waals surface area contributed by atoms with Crippen molar-refractivity contribution in [2.24, 2.45) is 0 Å². The number of hydrogen-bond acceptors (Lipinski definition) is 3. The predicted molar refractivity (Wildman–Crippen MR) is 126 cm³/mol. The zero-order valence-corrected chi connectivity index (χ0v) is 19.0. The van der Waals surface area contributed by atoms with Gasteiger partial charge in [0.25, 0.3) is 5.91 Å². The fourth-order valence-corrected chi connectivity index (χ4v) is 4.22. The first-order valence-corrected chi connectivity index (χ1v) is 10.9. The molecule has 1 aliphatic rings. The van der Waals surface area contributed by atoms with Crippen LogP contribution in [0.1, 0.15) is 35.2 Å². The monoisotopic (exact) mass is 441 g/mol. The molecule has 1 aliphatic heterocycles. The van der Waals surface area contributed by atoms with Gasteiger partial charge in [0.15, 0.2) is 0 Å². The molecule has 0 aromatic heterocycles. The third-order valence-electron chi connectivity index (χ3n) is 6.21. The molecular formula is C27H27N3O3. The van der Waals surface area contributed by atoms with Gasteiger partial charge in [-0.25, -0.2) is 4.79 Å². The molecule has 1 atom stereocenters. The molecule has 1 N–H and O–H groups in total. The van der Waals surface area contributed by atoms with Gasteiger partial charge in [0.05, 0.1) is 6.04 Å². The van der Waals surface area contributed by atoms with Crippen molar-refractivity contribution < 1.29 is 14.4 Å². The van der Waals surface area contributed by atoms with Gasteiger partial charge in [0, 0.05) is 7.05 Å². The van der Waals surface area contributed by atoms with Crippen LogP contribution < -0.4 is 5.32 Å². The molecule has 1 saturated heterocycles. The molecular weight excluding hydrogens is 414 g/mol. The first-order chi connectivity index (χ1) is 15.8. The SMILES string of the molecule is Cc1ccc(C2(C)NC(=O)N(CC(=O)N(C)C(c3ccccc3)c3ccccc3)C2=O)cc1. The van der Waals surface area contributed by atoms with E-state index in [0.717, 1.165) is 21.6 Å². The highest BCUT2D eigenvalue weighted by Gasteiger charge is 2.49. The van der Waals surface area contributed by atoms with Crippen LogP contribution in [0.25, 0.3) is 0 Å². The number of urea groups is 1. The molecule has 4 amide bonds. The van der Waals surface area contributed by atoms with E-state index in [1.165, 1.54) is 0 Å². The van der Waals surface area contributed by atoms with Crippen molar-refractivity contribution in [3.63, 3.8) is 0 Å². The van der Waals surface area contributed by atoms with Crippen molar-refractivity contribution in [3.05, 3.63) is 107 Å². The predicted octanol–water partition coefficient (Wildman–Crippen LogP) is 4.01. The normalized spacial score (nSPS) is 17.9. The number of nitrogens with one attached hydrogen (secondary N) is 1. The Balaban J connectivity index is 1.58. The summed E-state index contributed by atoms with van der Waals surface area (Å²) in [6, 6.07) is 25.9. The molecule has 3 aromatic carbocycles. The molecule has 0 radical (unpaired) electrons. The van der Waals surface area contributed by atoms with Gasteiger partial charge in [0.2, 0.25) is 5.91 Å². The molecule has 33 heavy (non-hydrogen) atoms. The van der Waals surface area contributed by atoms with E-state index < -0.39 is 17.5 Å². The van der Waals surface area contributed by atoms with E-state index in [0.29, 0.717) is 5.56 Å². The molecule has 0 saturated carbocycles. The molecule has 4 rings (SSSR count). The molecule has 168 valence electrons. The average Bonchev–Trinajstić information content (AvgIpc) is 3.04. The van der Waals surface area contributed by atoms with Gasteiger partial charge in [-0.1, -0.05) is 90.5 Å². The van der Waals surface area contributed by atoms with Crippen LogP contribution in [0.2, 0.25) is 0 Å². The summed E-state index contributed by atoms with van der Waals surface area (Å²) in [6.07, 6.45) is 0. The van der Waals surface area contributed by atoms with E-state index >= 15 is 0 Å². The van der Waals surface area contributed by atoms with Crippen LogP contribution in [-0.2, 0) is 15.1 Å². The summed E-state index contributed by atoms with van der Waals surface area (Å²) in [6.45, 7) is 3.29. The lowest BCUT2D eigenvalue weighted by Gasteiger charge is -2.30.